The normalized spacial score (nSPS) is 13.8. The lowest BCUT2D eigenvalue weighted by Crippen LogP contribution is -2.45. The van der Waals surface area contributed by atoms with Crippen molar-refractivity contribution in [1.29, 1.82) is 0 Å². The number of imide groups is 1. The fourth-order valence-electron chi connectivity index (χ4n) is 2.64. The largest absolute Gasteiger partial charge is 0.497 e. The van der Waals surface area contributed by atoms with Crippen LogP contribution in [0.25, 0.3) is 0 Å². The monoisotopic (exact) mass is 350 g/mol. The molecule has 1 aliphatic rings. The molecule has 0 unspecified atom stereocenters. The van der Waals surface area contributed by atoms with Crippen molar-refractivity contribution in [2.45, 2.75) is 31.7 Å². The topological polar surface area (TPSA) is 103 Å². The number of urea groups is 1. The number of esters is 1. The Labute approximate surface area is 145 Å². The van der Waals surface area contributed by atoms with Gasteiger partial charge in [0.25, 0.3) is 5.91 Å². The van der Waals surface area contributed by atoms with Crippen molar-refractivity contribution in [2.75, 3.05) is 20.8 Å². The van der Waals surface area contributed by atoms with Crippen LogP contribution in [0.1, 0.15) is 36.0 Å². The highest BCUT2D eigenvalue weighted by molar-refractivity contribution is 5.98. The molecule has 0 aliphatic heterocycles. The zero-order valence-electron chi connectivity index (χ0n) is 14.3. The Hall–Kier alpha value is -2.77. The van der Waals surface area contributed by atoms with E-state index in [0.29, 0.717) is 11.5 Å². The van der Waals surface area contributed by atoms with Gasteiger partial charge in [-0.3, -0.25) is 10.1 Å². The summed E-state index contributed by atoms with van der Waals surface area (Å²) < 4.78 is 15.1. The van der Waals surface area contributed by atoms with Crippen LogP contribution in [0, 0.1) is 0 Å². The summed E-state index contributed by atoms with van der Waals surface area (Å²) in [5, 5.41) is 4.86. The van der Waals surface area contributed by atoms with E-state index < -0.39 is 24.5 Å². The first-order valence-electron chi connectivity index (χ1n) is 8.03. The quantitative estimate of drug-likeness (QED) is 0.756. The second kappa shape index (κ2) is 8.91. The van der Waals surface area contributed by atoms with E-state index in [0.717, 1.165) is 25.7 Å². The van der Waals surface area contributed by atoms with Crippen LogP contribution in [0.5, 0.6) is 11.5 Å². The lowest BCUT2D eigenvalue weighted by Gasteiger charge is -2.13. The SMILES string of the molecule is COc1ccc(OC)c(C(=O)OCC(=O)NC(=O)NC2CCCC2)c1. The molecule has 0 heterocycles. The Morgan fingerprint density at radius 2 is 1.84 bits per heavy atom. The third-order valence-electron chi connectivity index (χ3n) is 3.90. The molecule has 1 aliphatic carbocycles. The van der Waals surface area contributed by atoms with E-state index >= 15 is 0 Å². The summed E-state index contributed by atoms with van der Waals surface area (Å²) in [6.07, 6.45) is 3.95. The molecule has 0 aromatic heterocycles. The maximum atomic E-state index is 12.1. The van der Waals surface area contributed by atoms with E-state index in [2.05, 4.69) is 10.6 Å². The van der Waals surface area contributed by atoms with Gasteiger partial charge in [-0.15, -0.1) is 0 Å². The molecule has 1 fully saturated rings. The van der Waals surface area contributed by atoms with Crippen molar-refractivity contribution in [1.82, 2.24) is 10.6 Å². The van der Waals surface area contributed by atoms with Gasteiger partial charge in [0, 0.05) is 6.04 Å². The molecule has 2 N–H and O–H groups in total. The van der Waals surface area contributed by atoms with Gasteiger partial charge >= 0.3 is 12.0 Å². The standard InChI is InChI=1S/C17H22N2O6/c1-23-12-7-8-14(24-2)13(9-12)16(21)25-10-15(20)19-17(22)18-11-5-3-4-6-11/h7-9,11H,3-6,10H2,1-2H3,(H2,18,19,20,22). The zero-order valence-corrected chi connectivity index (χ0v) is 14.3. The van der Waals surface area contributed by atoms with Crippen molar-refractivity contribution in [2.24, 2.45) is 0 Å². The maximum Gasteiger partial charge on any atom is 0.342 e. The number of benzene rings is 1. The van der Waals surface area contributed by atoms with Gasteiger partial charge in [0.15, 0.2) is 6.61 Å². The van der Waals surface area contributed by atoms with Gasteiger partial charge < -0.3 is 19.5 Å². The molecule has 136 valence electrons. The molecule has 25 heavy (non-hydrogen) atoms. The number of rotatable bonds is 6. The van der Waals surface area contributed by atoms with Crippen LogP contribution in [-0.2, 0) is 9.53 Å². The maximum absolute atomic E-state index is 12.1. The summed E-state index contributed by atoms with van der Waals surface area (Å²) in [5.74, 6) is -0.703. The van der Waals surface area contributed by atoms with E-state index in [1.807, 2.05) is 0 Å². The molecule has 0 spiro atoms. The van der Waals surface area contributed by atoms with E-state index in [4.69, 9.17) is 14.2 Å². The molecule has 0 bridgehead atoms. The summed E-state index contributed by atoms with van der Waals surface area (Å²) in [6.45, 7) is -0.572. The second-order valence-corrected chi connectivity index (χ2v) is 5.65. The highest BCUT2D eigenvalue weighted by atomic mass is 16.5. The van der Waals surface area contributed by atoms with Crippen LogP contribution < -0.4 is 20.1 Å². The summed E-state index contributed by atoms with van der Waals surface area (Å²) in [4.78, 5) is 35.5. The summed E-state index contributed by atoms with van der Waals surface area (Å²) in [6, 6.07) is 4.16. The van der Waals surface area contributed by atoms with Crippen molar-refractivity contribution in [3.05, 3.63) is 23.8 Å². The minimum atomic E-state index is -0.748. The van der Waals surface area contributed by atoms with E-state index in [1.165, 1.54) is 20.3 Å². The average Bonchev–Trinajstić information content (AvgIpc) is 3.11. The third kappa shape index (κ3) is 5.37. The number of methoxy groups -OCH3 is 2. The van der Waals surface area contributed by atoms with Gasteiger partial charge in [-0.25, -0.2) is 9.59 Å². The number of hydrogen-bond donors (Lipinski definition) is 2. The first kappa shape index (κ1) is 18.6. The van der Waals surface area contributed by atoms with Crippen molar-refractivity contribution in [3.63, 3.8) is 0 Å². The fraction of sp³-hybridized carbons (Fsp3) is 0.471. The molecule has 1 aromatic rings. The number of carbonyl (C=O) groups is 3. The minimum Gasteiger partial charge on any atom is -0.497 e. The molecule has 8 nitrogen and oxygen atoms in total. The Kier molecular flexibility index (Phi) is 6.62. The molecular formula is C17H22N2O6. The molecule has 0 atom stereocenters. The number of amides is 3. The Balaban J connectivity index is 1.84. The molecule has 8 heteroatoms. The number of carbonyl (C=O) groups excluding carboxylic acids is 3. The Bertz CT molecular complexity index is 640. The zero-order chi connectivity index (χ0) is 18.2. The smallest absolute Gasteiger partial charge is 0.342 e. The fourth-order valence-corrected chi connectivity index (χ4v) is 2.64. The first-order valence-corrected chi connectivity index (χ1v) is 8.03. The highest BCUT2D eigenvalue weighted by Crippen LogP contribution is 2.24. The minimum absolute atomic E-state index is 0.0939. The second-order valence-electron chi connectivity index (χ2n) is 5.65. The van der Waals surface area contributed by atoms with Gasteiger partial charge in [-0.05, 0) is 31.0 Å². The predicted octanol–water partition coefficient (Wildman–Crippen LogP) is 1.63. The van der Waals surface area contributed by atoms with E-state index in [9.17, 15) is 14.4 Å². The molecule has 2 rings (SSSR count). The third-order valence-corrected chi connectivity index (χ3v) is 3.90. The Morgan fingerprint density at radius 3 is 2.48 bits per heavy atom. The Morgan fingerprint density at radius 1 is 1.12 bits per heavy atom. The number of hydrogen-bond acceptors (Lipinski definition) is 6. The van der Waals surface area contributed by atoms with Crippen LogP contribution in [-0.4, -0.2) is 44.8 Å². The van der Waals surface area contributed by atoms with Gasteiger partial charge in [0.1, 0.15) is 17.1 Å². The van der Waals surface area contributed by atoms with Crippen LogP contribution in [0.4, 0.5) is 4.79 Å². The summed E-state index contributed by atoms with van der Waals surface area (Å²) in [5.41, 5.74) is 0.130. The highest BCUT2D eigenvalue weighted by Gasteiger charge is 2.20. The van der Waals surface area contributed by atoms with E-state index in [1.54, 1.807) is 12.1 Å². The van der Waals surface area contributed by atoms with Crippen molar-refractivity contribution < 1.29 is 28.6 Å². The number of nitrogens with one attached hydrogen (secondary N) is 2. The molecule has 0 saturated heterocycles. The van der Waals surface area contributed by atoms with Gasteiger partial charge in [0.05, 0.1) is 14.2 Å². The summed E-state index contributed by atoms with van der Waals surface area (Å²) >= 11 is 0. The lowest BCUT2D eigenvalue weighted by atomic mass is 10.2. The molecule has 1 aromatic carbocycles. The number of ether oxygens (including phenoxy) is 3. The molecule has 3 amide bonds. The van der Waals surface area contributed by atoms with Crippen LogP contribution in [0.15, 0.2) is 18.2 Å². The van der Waals surface area contributed by atoms with Crippen molar-refractivity contribution in [3.8, 4) is 11.5 Å². The van der Waals surface area contributed by atoms with Crippen LogP contribution >= 0.6 is 0 Å². The van der Waals surface area contributed by atoms with Crippen LogP contribution in [0.2, 0.25) is 0 Å². The molecular weight excluding hydrogens is 328 g/mol. The van der Waals surface area contributed by atoms with Crippen LogP contribution in [0.3, 0.4) is 0 Å². The van der Waals surface area contributed by atoms with Crippen molar-refractivity contribution >= 4 is 17.9 Å². The molecule has 1 saturated carbocycles. The average molecular weight is 350 g/mol. The lowest BCUT2D eigenvalue weighted by molar-refractivity contribution is -0.123. The van der Waals surface area contributed by atoms with Gasteiger partial charge in [-0.2, -0.15) is 0 Å². The van der Waals surface area contributed by atoms with E-state index in [-0.39, 0.29) is 11.6 Å². The first-order chi connectivity index (χ1) is 12.0. The van der Waals surface area contributed by atoms with Gasteiger partial charge in [0.2, 0.25) is 0 Å². The summed E-state index contributed by atoms with van der Waals surface area (Å²) in [7, 11) is 2.88. The molecule has 0 radical (unpaired) electrons. The van der Waals surface area contributed by atoms with Gasteiger partial charge in [-0.1, -0.05) is 12.8 Å². The predicted molar refractivity (Wildman–Crippen MR) is 88.8 cm³/mol.